The van der Waals surface area contributed by atoms with Crippen LogP contribution < -0.4 is 5.32 Å². The lowest BCUT2D eigenvalue weighted by molar-refractivity contribution is -0.380. The Morgan fingerprint density at radius 2 is 2.12 bits per heavy atom. The maximum atomic E-state index is 10.5. The van der Waals surface area contributed by atoms with E-state index in [0.29, 0.717) is 6.04 Å². The van der Waals surface area contributed by atoms with Gasteiger partial charge in [-0.15, -0.1) is 0 Å². The highest BCUT2D eigenvalue weighted by molar-refractivity contribution is 7.15. The van der Waals surface area contributed by atoms with Crippen molar-refractivity contribution in [1.82, 2.24) is 5.32 Å². The van der Waals surface area contributed by atoms with Crippen LogP contribution in [0.2, 0.25) is 0 Å². The Morgan fingerprint density at radius 1 is 1.38 bits per heavy atom. The van der Waals surface area contributed by atoms with Gasteiger partial charge in [-0.1, -0.05) is 30.6 Å². The summed E-state index contributed by atoms with van der Waals surface area (Å²) in [5, 5.41) is 14.2. The van der Waals surface area contributed by atoms with Crippen molar-refractivity contribution >= 4 is 16.3 Å². The van der Waals surface area contributed by atoms with Crippen LogP contribution in [0.15, 0.2) is 12.1 Å². The fourth-order valence-corrected chi connectivity index (χ4v) is 2.88. The Morgan fingerprint density at radius 3 is 2.75 bits per heavy atom. The second-order valence-corrected chi connectivity index (χ2v) is 5.36. The number of nitrogens with zero attached hydrogens (tertiary/aromatic N) is 1. The molecule has 0 atom stereocenters. The van der Waals surface area contributed by atoms with Crippen molar-refractivity contribution in [2.75, 3.05) is 0 Å². The molecule has 0 aliphatic heterocycles. The van der Waals surface area contributed by atoms with E-state index in [-0.39, 0.29) is 9.92 Å². The second-order valence-electron chi connectivity index (χ2n) is 4.21. The lowest BCUT2D eigenvalue weighted by atomic mass is 9.95. The number of thiophene rings is 1. The summed E-state index contributed by atoms with van der Waals surface area (Å²) in [6.07, 6.45) is 6.45. The summed E-state index contributed by atoms with van der Waals surface area (Å²) >= 11 is 1.27. The van der Waals surface area contributed by atoms with Crippen LogP contribution in [0.3, 0.4) is 0 Å². The molecule has 5 heteroatoms. The van der Waals surface area contributed by atoms with Gasteiger partial charge in [0.15, 0.2) is 0 Å². The third-order valence-electron chi connectivity index (χ3n) is 3.00. The zero-order chi connectivity index (χ0) is 11.4. The molecule has 1 saturated carbocycles. The minimum absolute atomic E-state index is 0.237. The van der Waals surface area contributed by atoms with Crippen LogP contribution in [-0.4, -0.2) is 11.0 Å². The van der Waals surface area contributed by atoms with Crippen molar-refractivity contribution in [3.63, 3.8) is 0 Å². The lowest BCUT2D eigenvalue weighted by Crippen LogP contribution is -2.30. The average Bonchev–Trinajstić information content (AvgIpc) is 2.76. The molecule has 1 aromatic heterocycles. The molecule has 1 heterocycles. The molecule has 0 bridgehead atoms. The van der Waals surface area contributed by atoms with E-state index in [9.17, 15) is 10.1 Å². The smallest absolute Gasteiger partial charge is 0.309 e. The van der Waals surface area contributed by atoms with Gasteiger partial charge < -0.3 is 5.32 Å². The molecular formula is C11H16N2O2S. The predicted octanol–water partition coefficient (Wildman–Crippen LogP) is 3.08. The number of hydrogen-bond donors (Lipinski definition) is 1. The molecule has 0 aromatic carbocycles. The average molecular weight is 240 g/mol. The minimum Gasteiger partial charge on any atom is -0.309 e. The zero-order valence-corrected chi connectivity index (χ0v) is 9.96. The molecule has 0 spiro atoms. The molecule has 1 aliphatic rings. The molecule has 0 saturated heterocycles. The number of nitro groups is 1. The molecule has 1 aliphatic carbocycles. The van der Waals surface area contributed by atoms with Crippen molar-refractivity contribution in [2.24, 2.45) is 0 Å². The van der Waals surface area contributed by atoms with Gasteiger partial charge in [-0.25, -0.2) is 0 Å². The van der Waals surface area contributed by atoms with Crippen LogP contribution in [-0.2, 0) is 6.54 Å². The van der Waals surface area contributed by atoms with Gasteiger partial charge >= 0.3 is 5.00 Å². The van der Waals surface area contributed by atoms with E-state index in [1.807, 2.05) is 6.07 Å². The Balaban J connectivity index is 1.81. The maximum Gasteiger partial charge on any atom is 0.324 e. The van der Waals surface area contributed by atoms with E-state index in [0.717, 1.165) is 11.4 Å². The summed E-state index contributed by atoms with van der Waals surface area (Å²) in [5.41, 5.74) is 0. The Hall–Kier alpha value is -0.940. The van der Waals surface area contributed by atoms with E-state index in [1.165, 1.54) is 43.4 Å². The fraction of sp³-hybridized carbons (Fsp3) is 0.636. The first-order chi connectivity index (χ1) is 7.75. The molecular weight excluding hydrogens is 224 g/mol. The van der Waals surface area contributed by atoms with Gasteiger partial charge in [-0.2, -0.15) is 0 Å². The zero-order valence-electron chi connectivity index (χ0n) is 9.15. The third kappa shape index (κ3) is 3.02. The normalized spacial score (nSPS) is 17.5. The van der Waals surface area contributed by atoms with Crippen LogP contribution in [0.5, 0.6) is 0 Å². The minimum atomic E-state index is -0.325. The van der Waals surface area contributed by atoms with Crippen LogP contribution in [0.1, 0.15) is 37.0 Å². The van der Waals surface area contributed by atoms with Crippen molar-refractivity contribution in [3.8, 4) is 0 Å². The van der Waals surface area contributed by atoms with E-state index in [2.05, 4.69) is 5.32 Å². The van der Waals surface area contributed by atoms with E-state index >= 15 is 0 Å². The largest absolute Gasteiger partial charge is 0.324 e. The Kier molecular flexibility index (Phi) is 3.90. The second kappa shape index (κ2) is 5.41. The number of hydrogen-bond acceptors (Lipinski definition) is 4. The van der Waals surface area contributed by atoms with E-state index in [4.69, 9.17) is 0 Å². The van der Waals surface area contributed by atoms with Gasteiger partial charge in [-0.3, -0.25) is 10.1 Å². The highest BCUT2D eigenvalue weighted by Crippen LogP contribution is 2.24. The summed E-state index contributed by atoms with van der Waals surface area (Å²) in [5.74, 6) is 0. The monoisotopic (exact) mass is 240 g/mol. The van der Waals surface area contributed by atoms with Crippen LogP contribution in [0, 0.1) is 10.1 Å². The SMILES string of the molecule is O=[N+]([O-])c1ccc(CNC2CCCCC2)s1. The van der Waals surface area contributed by atoms with Gasteiger partial charge in [0.1, 0.15) is 0 Å². The Labute approximate surface area is 98.8 Å². The topological polar surface area (TPSA) is 55.2 Å². The van der Waals surface area contributed by atoms with Gasteiger partial charge in [-0.05, 0) is 18.9 Å². The van der Waals surface area contributed by atoms with Gasteiger partial charge in [0.05, 0.1) is 4.92 Å². The summed E-state index contributed by atoms with van der Waals surface area (Å²) < 4.78 is 0. The molecule has 4 nitrogen and oxygen atoms in total. The molecule has 1 N–H and O–H groups in total. The number of rotatable bonds is 4. The molecule has 0 unspecified atom stereocenters. The summed E-state index contributed by atoms with van der Waals surface area (Å²) in [7, 11) is 0. The molecule has 2 rings (SSSR count). The summed E-state index contributed by atoms with van der Waals surface area (Å²) in [4.78, 5) is 11.2. The molecule has 16 heavy (non-hydrogen) atoms. The van der Waals surface area contributed by atoms with Crippen LogP contribution in [0.25, 0.3) is 0 Å². The first kappa shape index (κ1) is 11.5. The highest BCUT2D eigenvalue weighted by atomic mass is 32.1. The first-order valence-corrected chi connectivity index (χ1v) is 6.54. The van der Waals surface area contributed by atoms with E-state index < -0.39 is 0 Å². The summed E-state index contributed by atoms with van der Waals surface area (Å²) in [6.45, 7) is 0.767. The predicted molar refractivity (Wildman–Crippen MR) is 64.7 cm³/mol. The fourth-order valence-electron chi connectivity index (χ4n) is 2.11. The molecule has 0 radical (unpaired) electrons. The van der Waals surface area contributed by atoms with Crippen molar-refractivity contribution in [3.05, 3.63) is 27.1 Å². The van der Waals surface area contributed by atoms with Crippen LogP contribution >= 0.6 is 11.3 Å². The third-order valence-corrected chi connectivity index (χ3v) is 4.03. The van der Waals surface area contributed by atoms with Crippen molar-refractivity contribution in [1.29, 1.82) is 0 Å². The first-order valence-electron chi connectivity index (χ1n) is 5.72. The van der Waals surface area contributed by atoms with Crippen molar-refractivity contribution < 1.29 is 4.92 Å². The van der Waals surface area contributed by atoms with Crippen LogP contribution in [0.4, 0.5) is 5.00 Å². The van der Waals surface area contributed by atoms with E-state index in [1.54, 1.807) is 6.07 Å². The summed E-state index contributed by atoms with van der Waals surface area (Å²) in [6, 6.07) is 4.04. The van der Waals surface area contributed by atoms with Gasteiger partial charge in [0.25, 0.3) is 0 Å². The Bertz CT molecular complexity index is 359. The lowest BCUT2D eigenvalue weighted by Gasteiger charge is -2.22. The quantitative estimate of drug-likeness (QED) is 0.650. The molecule has 0 amide bonds. The van der Waals surface area contributed by atoms with Gasteiger partial charge in [0, 0.05) is 23.5 Å². The molecule has 88 valence electrons. The molecule has 1 aromatic rings. The number of nitrogens with one attached hydrogen (secondary N) is 1. The van der Waals surface area contributed by atoms with Gasteiger partial charge in [0.2, 0.25) is 0 Å². The molecule has 1 fully saturated rings. The maximum absolute atomic E-state index is 10.5. The highest BCUT2D eigenvalue weighted by Gasteiger charge is 2.14. The van der Waals surface area contributed by atoms with Crippen molar-refractivity contribution in [2.45, 2.75) is 44.7 Å². The standard InChI is InChI=1S/C11H16N2O2S/c14-13(15)11-7-6-10(16-11)8-12-9-4-2-1-3-5-9/h6-7,9,12H,1-5,8H2.